The Balaban J connectivity index is 2.73. The molecule has 1 aromatic carbocycles. The topological polar surface area (TPSA) is 93.5 Å². The van der Waals surface area contributed by atoms with Crippen LogP contribution in [0.15, 0.2) is 18.2 Å². The van der Waals surface area contributed by atoms with Gasteiger partial charge in [0.1, 0.15) is 5.75 Å². The number of ether oxygens (including phenoxy) is 1. The number of methoxy groups -OCH3 is 1. The zero-order valence-electron chi connectivity index (χ0n) is 12.7. The van der Waals surface area contributed by atoms with Crippen LogP contribution < -0.4 is 15.4 Å². The van der Waals surface area contributed by atoms with E-state index in [1.54, 1.807) is 13.1 Å². The number of non-ortho nitro benzene ring substituents is 1. The summed E-state index contributed by atoms with van der Waals surface area (Å²) in [4.78, 5) is 22.1. The second kappa shape index (κ2) is 7.03. The van der Waals surface area contributed by atoms with E-state index in [1.807, 2.05) is 13.8 Å². The third-order valence-corrected chi connectivity index (χ3v) is 3.14. The molecule has 0 saturated heterocycles. The summed E-state index contributed by atoms with van der Waals surface area (Å²) in [5.74, 6) is 0.373. The van der Waals surface area contributed by atoms with Gasteiger partial charge in [-0.1, -0.05) is 0 Å². The number of rotatable bonds is 7. The number of benzene rings is 1. The molecule has 0 aliphatic heterocycles. The highest BCUT2D eigenvalue weighted by Gasteiger charge is 2.25. The minimum Gasteiger partial charge on any atom is -0.496 e. The quantitative estimate of drug-likeness (QED) is 0.587. The Morgan fingerprint density at radius 2 is 2.05 bits per heavy atom. The van der Waals surface area contributed by atoms with Crippen molar-refractivity contribution in [2.24, 2.45) is 5.41 Å². The van der Waals surface area contributed by atoms with Crippen LogP contribution in [0.25, 0.3) is 0 Å². The highest BCUT2D eigenvalue weighted by atomic mass is 16.6. The summed E-state index contributed by atoms with van der Waals surface area (Å²) >= 11 is 0. The summed E-state index contributed by atoms with van der Waals surface area (Å²) < 4.78 is 5.05. The third-order valence-electron chi connectivity index (χ3n) is 3.14. The van der Waals surface area contributed by atoms with Crippen molar-refractivity contribution < 1.29 is 14.5 Å². The summed E-state index contributed by atoms with van der Waals surface area (Å²) in [7, 11) is 3.06. The molecule has 1 amide bonds. The lowest BCUT2D eigenvalue weighted by Crippen LogP contribution is -2.41. The Morgan fingerprint density at radius 3 is 2.57 bits per heavy atom. The first-order chi connectivity index (χ1) is 9.80. The van der Waals surface area contributed by atoms with Crippen molar-refractivity contribution in [1.82, 2.24) is 10.6 Å². The van der Waals surface area contributed by atoms with Crippen LogP contribution in [0.2, 0.25) is 0 Å². The van der Waals surface area contributed by atoms with Crippen LogP contribution in [0.3, 0.4) is 0 Å². The van der Waals surface area contributed by atoms with E-state index >= 15 is 0 Å². The molecule has 0 unspecified atom stereocenters. The van der Waals surface area contributed by atoms with Gasteiger partial charge in [0, 0.05) is 26.2 Å². The first-order valence-electron chi connectivity index (χ1n) is 6.55. The van der Waals surface area contributed by atoms with Gasteiger partial charge >= 0.3 is 0 Å². The van der Waals surface area contributed by atoms with Crippen molar-refractivity contribution >= 4 is 11.6 Å². The molecule has 0 bridgehead atoms. The van der Waals surface area contributed by atoms with Gasteiger partial charge in [-0.2, -0.15) is 0 Å². The van der Waals surface area contributed by atoms with Crippen LogP contribution in [0.5, 0.6) is 5.75 Å². The number of carbonyl (C=O) groups excluding carboxylic acids is 1. The molecule has 7 nitrogen and oxygen atoms in total. The van der Waals surface area contributed by atoms with E-state index < -0.39 is 10.3 Å². The Morgan fingerprint density at radius 1 is 1.38 bits per heavy atom. The number of nitro benzene ring substituents is 1. The number of amides is 1. The first-order valence-corrected chi connectivity index (χ1v) is 6.55. The average Bonchev–Trinajstić information content (AvgIpc) is 2.45. The van der Waals surface area contributed by atoms with Crippen molar-refractivity contribution in [2.45, 2.75) is 20.4 Å². The van der Waals surface area contributed by atoms with Crippen molar-refractivity contribution in [3.8, 4) is 5.75 Å². The van der Waals surface area contributed by atoms with Crippen LogP contribution in [0, 0.1) is 15.5 Å². The molecule has 7 heteroatoms. The Hall–Kier alpha value is -2.15. The average molecular weight is 295 g/mol. The highest BCUT2D eigenvalue weighted by Crippen LogP contribution is 2.22. The highest BCUT2D eigenvalue weighted by molar-refractivity contribution is 5.81. The molecule has 1 rings (SSSR count). The Bertz CT molecular complexity index is 529. The van der Waals surface area contributed by atoms with Gasteiger partial charge in [-0.05, 0) is 25.5 Å². The number of nitro groups is 1. The van der Waals surface area contributed by atoms with Crippen molar-refractivity contribution in [3.63, 3.8) is 0 Å². The summed E-state index contributed by atoms with van der Waals surface area (Å²) in [6.45, 7) is 4.52. The standard InChI is InChI=1S/C14H21N3O4/c1-14(2,13(18)15-3)9-16-8-10-5-11(17(19)20)7-12(6-10)21-4/h5-7,16H,8-9H2,1-4H3,(H,15,18). The van der Waals surface area contributed by atoms with Crippen LogP contribution in [0.4, 0.5) is 5.69 Å². The molecule has 0 radical (unpaired) electrons. The summed E-state index contributed by atoms with van der Waals surface area (Å²) in [6.07, 6.45) is 0. The lowest BCUT2D eigenvalue weighted by atomic mass is 9.92. The molecule has 0 spiro atoms. The van der Waals surface area contributed by atoms with Crippen LogP contribution in [-0.4, -0.2) is 31.5 Å². The number of carbonyl (C=O) groups is 1. The third kappa shape index (κ3) is 4.71. The normalized spacial score (nSPS) is 11.0. The number of nitrogens with zero attached hydrogens (tertiary/aromatic N) is 1. The molecule has 0 aliphatic carbocycles. The maximum absolute atomic E-state index is 11.7. The smallest absolute Gasteiger partial charge is 0.273 e. The fourth-order valence-corrected chi connectivity index (χ4v) is 1.91. The van der Waals surface area contributed by atoms with E-state index in [1.165, 1.54) is 19.2 Å². The maximum Gasteiger partial charge on any atom is 0.273 e. The SMILES string of the molecule is CNC(=O)C(C)(C)CNCc1cc(OC)cc([N+](=O)[O-])c1. The van der Waals surface area contributed by atoms with E-state index in [4.69, 9.17) is 4.74 Å². The zero-order chi connectivity index (χ0) is 16.0. The molecule has 2 N–H and O–H groups in total. The minimum atomic E-state index is -0.556. The number of hydrogen-bond acceptors (Lipinski definition) is 5. The lowest BCUT2D eigenvalue weighted by Gasteiger charge is -2.23. The van der Waals surface area contributed by atoms with Gasteiger partial charge in [-0.3, -0.25) is 14.9 Å². The molecular weight excluding hydrogens is 274 g/mol. The van der Waals surface area contributed by atoms with Crippen LogP contribution in [0.1, 0.15) is 19.4 Å². The molecule has 116 valence electrons. The predicted molar refractivity (Wildman–Crippen MR) is 79.2 cm³/mol. The fraction of sp³-hybridized carbons (Fsp3) is 0.500. The van der Waals surface area contributed by atoms with Gasteiger partial charge in [-0.15, -0.1) is 0 Å². The molecule has 21 heavy (non-hydrogen) atoms. The molecule has 0 aromatic heterocycles. The molecule has 0 atom stereocenters. The Labute approximate surface area is 123 Å². The van der Waals surface area contributed by atoms with Gasteiger partial charge < -0.3 is 15.4 Å². The molecule has 0 aliphatic rings. The predicted octanol–water partition coefficient (Wildman–Crippen LogP) is 1.47. The monoisotopic (exact) mass is 295 g/mol. The summed E-state index contributed by atoms with van der Waals surface area (Å²) in [5.41, 5.74) is 0.157. The van der Waals surface area contributed by atoms with E-state index in [-0.39, 0.29) is 11.6 Å². The number of nitrogens with one attached hydrogen (secondary N) is 2. The summed E-state index contributed by atoms with van der Waals surface area (Å²) in [6, 6.07) is 4.59. The molecule has 1 aromatic rings. The van der Waals surface area contributed by atoms with Crippen LogP contribution in [-0.2, 0) is 11.3 Å². The zero-order valence-corrected chi connectivity index (χ0v) is 12.7. The van der Waals surface area contributed by atoms with E-state index in [0.29, 0.717) is 18.8 Å². The van der Waals surface area contributed by atoms with E-state index in [9.17, 15) is 14.9 Å². The van der Waals surface area contributed by atoms with Gasteiger partial charge in [0.05, 0.1) is 23.5 Å². The van der Waals surface area contributed by atoms with Gasteiger partial charge in [0.15, 0.2) is 0 Å². The van der Waals surface area contributed by atoms with Gasteiger partial charge in [0.2, 0.25) is 5.91 Å². The van der Waals surface area contributed by atoms with Crippen LogP contribution >= 0.6 is 0 Å². The fourth-order valence-electron chi connectivity index (χ4n) is 1.91. The van der Waals surface area contributed by atoms with Crippen molar-refractivity contribution in [2.75, 3.05) is 20.7 Å². The molecular formula is C14H21N3O4. The van der Waals surface area contributed by atoms with Gasteiger partial charge in [-0.25, -0.2) is 0 Å². The maximum atomic E-state index is 11.7. The van der Waals surface area contributed by atoms with E-state index in [0.717, 1.165) is 5.56 Å². The Kier molecular flexibility index (Phi) is 5.66. The molecule has 0 fully saturated rings. The van der Waals surface area contributed by atoms with Gasteiger partial charge in [0.25, 0.3) is 5.69 Å². The number of hydrogen-bond donors (Lipinski definition) is 2. The second-order valence-electron chi connectivity index (χ2n) is 5.36. The lowest BCUT2D eigenvalue weighted by molar-refractivity contribution is -0.385. The second-order valence-corrected chi connectivity index (χ2v) is 5.36. The summed E-state index contributed by atoms with van der Waals surface area (Å²) in [5, 5.41) is 16.6. The minimum absolute atomic E-state index is 0.0169. The van der Waals surface area contributed by atoms with Crippen molar-refractivity contribution in [1.29, 1.82) is 0 Å². The van der Waals surface area contributed by atoms with E-state index in [2.05, 4.69) is 10.6 Å². The molecule has 0 saturated carbocycles. The van der Waals surface area contributed by atoms with Crippen molar-refractivity contribution in [3.05, 3.63) is 33.9 Å². The largest absolute Gasteiger partial charge is 0.496 e. The molecule has 0 heterocycles. The first kappa shape index (κ1) is 16.9.